The Bertz CT molecular complexity index is 372. The van der Waals surface area contributed by atoms with Crippen molar-refractivity contribution >= 4 is 12.4 Å². The number of hydrogen-bond donors (Lipinski definition) is 1. The molecule has 0 saturated heterocycles. The lowest BCUT2D eigenvalue weighted by Gasteiger charge is -2.14. The molecule has 0 spiro atoms. The largest absolute Gasteiger partial charge is 0.496 e. The minimum atomic E-state index is 0. The van der Waals surface area contributed by atoms with Crippen LogP contribution in [-0.4, -0.2) is 27.4 Å². The molecule has 0 bridgehead atoms. The van der Waals surface area contributed by atoms with Crippen LogP contribution >= 0.6 is 12.4 Å². The molecule has 0 amide bonds. The third kappa shape index (κ3) is 2.58. The molecule has 0 aliphatic heterocycles. The molecule has 1 fully saturated rings. The van der Waals surface area contributed by atoms with Crippen LogP contribution in [0.2, 0.25) is 0 Å². The predicted octanol–water partition coefficient (Wildman–Crippen LogP) is 1.95. The maximum Gasteiger partial charge on any atom is 0.129 e. The zero-order valence-electron chi connectivity index (χ0n) is 10.2. The van der Waals surface area contributed by atoms with Gasteiger partial charge in [-0.05, 0) is 6.42 Å². The highest BCUT2D eigenvalue weighted by molar-refractivity contribution is 5.85. The van der Waals surface area contributed by atoms with Gasteiger partial charge in [0, 0.05) is 29.7 Å². The molecule has 2 rings (SSSR count). The Morgan fingerprint density at radius 3 is 1.82 bits per heavy atom. The summed E-state index contributed by atoms with van der Waals surface area (Å²) in [6.07, 6.45) is 0.985. The summed E-state index contributed by atoms with van der Waals surface area (Å²) in [5, 5.41) is 0. The second kappa shape index (κ2) is 5.47. The number of nitrogens with two attached hydrogens (primary N) is 1. The number of methoxy groups -OCH3 is 3. The first-order valence-electron chi connectivity index (χ1n) is 5.26. The van der Waals surface area contributed by atoms with E-state index in [2.05, 4.69) is 0 Å². The molecule has 5 heteroatoms. The first-order chi connectivity index (χ1) is 7.71. The van der Waals surface area contributed by atoms with Crippen LogP contribution in [0.4, 0.5) is 0 Å². The van der Waals surface area contributed by atoms with Gasteiger partial charge >= 0.3 is 0 Å². The van der Waals surface area contributed by atoms with Gasteiger partial charge in [0.05, 0.1) is 21.3 Å². The molecule has 0 unspecified atom stereocenters. The molecule has 1 aliphatic carbocycles. The minimum absolute atomic E-state index is 0. The second-order valence-electron chi connectivity index (χ2n) is 3.95. The van der Waals surface area contributed by atoms with E-state index in [0.29, 0.717) is 5.92 Å². The maximum atomic E-state index is 5.87. The average Bonchev–Trinajstić information content (AvgIpc) is 3.03. The zero-order valence-corrected chi connectivity index (χ0v) is 11.0. The van der Waals surface area contributed by atoms with Crippen molar-refractivity contribution in [2.24, 2.45) is 5.73 Å². The van der Waals surface area contributed by atoms with Gasteiger partial charge in [-0.3, -0.25) is 0 Å². The molecule has 2 atom stereocenters. The van der Waals surface area contributed by atoms with Gasteiger partial charge in [0.15, 0.2) is 0 Å². The molecular weight excluding hydrogens is 242 g/mol. The van der Waals surface area contributed by atoms with Gasteiger partial charge in [-0.15, -0.1) is 12.4 Å². The standard InChI is InChI=1S/C12H17NO3.ClH/c1-14-7-4-10(15-2)12(8-6-9(8)13)11(5-7)16-3;/h4-5,8-9H,6,13H2,1-3H3;1H/t8-,9-;/m1./s1. The summed E-state index contributed by atoms with van der Waals surface area (Å²) in [7, 11) is 4.91. The summed E-state index contributed by atoms with van der Waals surface area (Å²) in [5.74, 6) is 2.64. The lowest BCUT2D eigenvalue weighted by atomic mass is 10.1. The van der Waals surface area contributed by atoms with Crippen LogP contribution < -0.4 is 19.9 Å². The molecule has 0 aromatic heterocycles. The summed E-state index contributed by atoms with van der Waals surface area (Å²) in [5.41, 5.74) is 6.93. The maximum absolute atomic E-state index is 5.87. The van der Waals surface area contributed by atoms with Gasteiger partial charge in [0.2, 0.25) is 0 Å². The quantitative estimate of drug-likeness (QED) is 0.898. The molecule has 0 radical (unpaired) electrons. The first kappa shape index (κ1) is 13.9. The molecule has 1 aromatic carbocycles. The van der Waals surface area contributed by atoms with Gasteiger partial charge in [0.1, 0.15) is 17.2 Å². The Morgan fingerprint density at radius 2 is 1.53 bits per heavy atom. The molecule has 2 N–H and O–H groups in total. The summed E-state index contributed by atoms with van der Waals surface area (Å²) >= 11 is 0. The van der Waals surface area contributed by atoms with Crippen molar-refractivity contribution in [3.63, 3.8) is 0 Å². The summed E-state index contributed by atoms with van der Waals surface area (Å²) < 4.78 is 15.9. The van der Waals surface area contributed by atoms with Gasteiger partial charge in [-0.25, -0.2) is 0 Å². The van der Waals surface area contributed by atoms with Crippen LogP contribution in [0.1, 0.15) is 17.9 Å². The Kier molecular flexibility index (Phi) is 4.48. The molecule has 0 heterocycles. The summed E-state index contributed by atoms with van der Waals surface area (Å²) in [6, 6.07) is 3.95. The van der Waals surface area contributed by atoms with E-state index < -0.39 is 0 Å². The lowest BCUT2D eigenvalue weighted by Crippen LogP contribution is -2.04. The van der Waals surface area contributed by atoms with Gasteiger partial charge in [-0.2, -0.15) is 0 Å². The first-order valence-corrected chi connectivity index (χ1v) is 5.26. The van der Waals surface area contributed by atoms with E-state index >= 15 is 0 Å². The number of ether oxygens (including phenoxy) is 3. The van der Waals surface area contributed by atoms with Crippen molar-refractivity contribution in [3.05, 3.63) is 17.7 Å². The van der Waals surface area contributed by atoms with Crippen molar-refractivity contribution in [2.45, 2.75) is 18.4 Å². The fraction of sp³-hybridized carbons (Fsp3) is 0.500. The molecular formula is C12H18ClNO3. The average molecular weight is 260 g/mol. The highest BCUT2D eigenvalue weighted by Gasteiger charge is 2.39. The van der Waals surface area contributed by atoms with Crippen LogP contribution in [-0.2, 0) is 0 Å². The smallest absolute Gasteiger partial charge is 0.129 e. The fourth-order valence-electron chi connectivity index (χ4n) is 1.94. The van der Waals surface area contributed by atoms with Crippen LogP contribution in [0.3, 0.4) is 0 Å². The highest BCUT2D eigenvalue weighted by atomic mass is 35.5. The topological polar surface area (TPSA) is 53.7 Å². The Hall–Kier alpha value is -1.13. The van der Waals surface area contributed by atoms with E-state index in [1.54, 1.807) is 21.3 Å². The van der Waals surface area contributed by atoms with Crippen molar-refractivity contribution in [2.75, 3.05) is 21.3 Å². The SMILES string of the molecule is COc1cc(OC)c([C@@H]2C[C@H]2N)c(OC)c1.Cl. The van der Waals surface area contributed by atoms with Crippen LogP contribution in [0.5, 0.6) is 17.2 Å². The molecule has 1 saturated carbocycles. The molecule has 4 nitrogen and oxygen atoms in total. The van der Waals surface area contributed by atoms with E-state index in [1.807, 2.05) is 12.1 Å². The van der Waals surface area contributed by atoms with E-state index in [9.17, 15) is 0 Å². The Balaban J connectivity index is 0.00000144. The van der Waals surface area contributed by atoms with Crippen molar-refractivity contribution in [3.8, 4) is 17.2 Å². The van der Waals surface area contributed by atoms with E-state index in [0.717, 1.165) is 29.2 Å². The number of hydrogen-bond acceptors (Lipinski definition) is 4. The third-order valence-corrected chi connectivity index (χ3v) is 2.96. The van der Waals surface area contributed by atoms with Crippen LogP contribution in [0.25, 0.3) is 0 Å². The number of rotatable bonds is 4. The van der Waals surface area contributed by atoms with Gasteiger partial charge in [-0.1, -0.05) is 0 Å². The normalized spacial score (nSPS) is 21.4. The van der Waals surface area contributed by atoms with Crippen molar-refractivity contribution in [1.29, 1.82) is 0 Å². The Labute approximate surface area is 107 Å². The Morgan fingerprint density at radius 1 is 1.06 bits per heavy atom. The van der Waals surface area contributed by atoms with Crippen LogP contribution in [0.15, 0.2) is 12.1 Å². The van der Waals surface area contributed by atoms with Crippen LogP contribution in [0, 0.1) is 0 Å². The molecule has 1 aromatic rings. The number of halogens is 1. The van der Waals surface area contributed by atoms with E-state index in [1.165, 1.54) is 0 Å². The summed E-state index contributed by atoms with van der Waals surface area (Å²) in [4.78, 5) is 0. The van der Waals surface area contributed by atoms with Gasteiger partial charge in [0.25, 0.3) is 0 Å². The fourth-order valence-corrected chi connectivity index (χ4v) is 1.94. The van der Waals surface area contributed by atoms with Crippen molar-refractivity contribution in [1.82, 2.24) is 0 Å². The monoisotopic (exact) mass is 259 g/mol. The second-order valence-corrected chi connectivity index (χ2v) is 3.95. The summed E-state index contributed by atoms with van der Waals surface area (Å²) in [6.45, 7) is 0. The zero-order chi connectivity index (χ0) is 11.7. The molecule has 17 heavy (non-hydrogen) atoms. The third-order valence-electron chi connectivity index (χ3n) is 2.96. The predicted molar refractivity (Wildman–Crippen MR) is 68.7 cm³/mol. The van der Waals surface area contributed by atoms with E-state index in [-0.39, 0.29) is 18.4 Å². The van der Waals surface area contributed by atoms with E-state index in [4.69, 9.17) is 19.9 Å². The number of benzene rings is 1. The lowest BCUT2D eigenvalue weighted by molar-refractivity contribution is 0.368. The van der Waals surface area contributed by atoms with Gasteiger partial charge < -0.3 is 19.9 Å². The van der Waals surface area contributed by atoms with Crippen molar-refractivity contribution < 1.29 is 14.2 Å². The molecule has 1 aliphatic rings. The molecule has 96 valence electrons. The highest BCUT2D eigenvalue weighted by Crippen LogP contribution is 2.49. The minimum Gasteiger partial charge on any atom is -0.496 e.